The van der Waals surface area contributed by atoms with Gasteiger partial charge in [0.05, 0.1) is 5.75 Å². The van der Waals surface area contributed by atoms with Gasteiger partial charge in [0.25, 0.3) is 5.91 Å². The van der Waals surface area contributed by atoms with E-state index in [0.717, 1.165) is 28.3 Å². The van der Waals surface area contributed by atoms with E-state index in [0.29, 0.717) is 18.8 Å². The molecule has 6 nitrogen and oxygen atoms in total. The Bertz CT molecular complexity index is 681. The van der Waals surface area contributed by atoms with Gasteiger partial charge in [-0.3, -0.25) is 15.0 Å². The minimum atomic E-state index is -0.832. The molecule has 1 aliphatic carbocycles. The second kappa shape index (κ2) is 7.07. The van der Waals surface area contributed by atoms with Gasteiger partial charge in [0, 0.05) is 4.90 Å². The predicted octanol–water partition coefficient (Wildman–Crippen LogP) is 2.62. The molecule has 7 heteroatoms. The summed E-state index contributed by atoms with van der Waals surface area (Å²) in [5.41, 5.74) is 2.78. The fourth-order valence-corrected chi connectivity index (χ4v) is 3.95. The lowest BCUT2D eigenvalue weighted by molar-refractivity contribution is -0.139. The van der Waals surface area contributed by atoms with Gasteiger partial charge in [0.15, 0.2) is 0 Å². The molecule has 4 amide bonds. The van der Waals surface area contributed by atoms with E-state index in [1.54, 1.807) is 0 Å². The summed E-state index contributed by atoms with van der Waals surface area (Å²) in [4.78, 5) is 37.9. The van der Waals surface area contributed by atoms with Crippen LogP contribution >= 0.6 is 11.8 Å². The molecule has 0 radical (unpaired) electrons. The van der Waals surface area contributed by atoms with Crippen LogP contribution in [0.3, 0.4) is 0 Å². The van der Waals surface area contributed by atoms with Crippen molar-refractivity contribution >= 4 is 29.6 Å². The molecule has 1 saturated carbocycles. The van der Waals surface area contributed by atoms with Gasteiger partial charge in [0.1, 0.15) is 5.54 Å². The van der Waals surface area contributed by atoms with Crippen molar-refractivity contribution in [3.63, 3.8) is 0 Å². The van der Waals surface area contributed by atoms with Crippen molar-refractivity contribution in [3.8, 4) is 0 Å². The molecule has 134 valence electrons. The van der Waals surface area contributed by atoms with Gasteiger partial charge in [0.2, 0.25) is 5.91 Å². The number of urea groups is 1. The predicted molar refractivity (Wildman–Crippen MR) is 95.8 cm³/mol. The van der Waals surface area contributed by atoms with Crippen molar-refractivity contribution in [2.75, 3.05) is 5.75 Å². The Morgan fingerprint density at radius 1 is 1.28 bits per heavy atom. The van der Waals surface area contributed by atoms with E-state index in [4.69, 9.17) is 0 Å². The first kappa shape index (κ1) is 17.8. The van der Waals surface area contributed by atoms with Crippen LogP contribution in [0.2, 0.25) is 0 Å². The highest BCUT2D eigenvalue weighted by Crippen LogP contribution is 2.35. The average molecular weight is 361 g/mol. The minimum absolute atomic E-state index is 0.143. The molecule has 2 aliphatic rings. The summed E-state index contributed by atoms with van der Waals surface area (Å²) in [6.07, 6.45) is 3.06. The van der Waals surface area contributed by atoms with Gasteiger partial charge < -0.3 is 5.32 Å². The Hall–Kier alpha value is -2.02. The molecule has 1 spiro atoms. The summed E-state index contributed by atoms with van der Waals surface area (Å²) in [5, 5.41) is 3.65. The Labute approximate surface area is 151 Å². The van der Waals surface area contributed by atoms with Crippen molar-refractivity contribution in [2.24, 2.45) is 5.92 Å². The Morgan fingerprint density at radius 3 is 2.56 bits per heavy atom. The lowest BCUT2D eigenvalue weighted by Gasteiger charge is -2.33. The fourth-order valence-electron chi connectivity index (χ4n) is 3.26. The highest BCUT2D eigenvalue weighted by Gasteiger charge is 2.52. The van der Waals surface area contributed by atoms with E-state index in [-0.39, 0.29) is 17.6 Å². The number of hydrazine groups is 1. The Balaban J connectivity index is 1.56. The van der Waals surface area contributed by atoms with Crippen molar-refractivity contribution in [3.05, 3.63) is 29.8 Å². The molecule has 0 unspecified atom stereocenters. The summed E-state index contributed by atoms with van der Waals surface area (Å²) in [6.45, 7) is 4.15. The first-order chi connectivity index (χ1) is 11.9. The lowest BCUT2D eigenvalue weighted by atomic mass is 9.77. The number of amides is 4. The summed E-state index contributed by atoms with van der Waals surface area (Å²) < 4.78 is 0. The number of rotatable bonds is 4. The molecule has 0 atom stereocenters. The quantitative estimate of drug-likeness (QED) is 0.638. The number of imide groups is 1. The smallest absolute Gasteiger partial charge is 0.322 e. The van der Waals surface area contributed by atoms with Gasteiger partial charge in [-0.1, -0.05) is 24.6 Å². The molecular weight excluding hydrogens is 338 g/mol. The average Bonchev–Trinajstić information content (AvgIpc) is 2.82. The van der Waals surface area contributed by atoms with E-state index in [2.05, 4.69) is 17.7 Å². The van der Waals surface area contributed by atoms with E-state index < -0.39 is 11.6 Å². The number of aryl methyl sites for hydroxylation is 1. The molecule has 0 bridgehead atoms. The zero-order chi connectivity index (χ0) is 18.0. The van der Waals surface area contributed by atoms with Crippen LogP contribution < -0.4 is 10.7 Å². The maximum absolute atomic E-state index is 12.7. The number of carbonyl (C=O) groups is 3. The molecule has 2 N–H and O–H groups in total. The second-order valence-corrected chi connectivity index (χ2v) is 8.02. The van der Waals surface area contributed by atoms with Crippen molar-refractivity contribution in [1.29, 1.82) is 0 Å². The summed E-state index contributed by atoms with van der Waals surface area (Å²) in [7, 11) is 0. The molecular formula is C18H23N3O3S. The van der Waals surface area contributed by atoms with Crippen LogP contribution in [0, 0.1) is 12.8 Å². The van der Waals surface area contributed by atoms with Crippen LogP contribution in [0.25, 0.3) is 0 Å². The normalized spacial score (nSPS) is 26.0. The largest absolute Gasteiger partial charge is 0.344 e. The maximum Gasteiger partial charge on any atom is 0.344 e. The lowest BCUT2D eigenvalue weighted by Crippen LogP contribution is -2.51. The number of hydrogen-bond donors (Lipinski definition) is 2. The molecule has 1 heterocycles. The van der Waals surface area contributed by atoms with Crippen LogP contribution in [-0.4, -0.2) is 34.1 Å². The number of thioether (sulfide) groups is 1. The SMILES string of the molecule is Cc1ccc(SCC(=O)NN2C(=O)NC3(CCC(C)CC3)C2=O)cc1. The zero-order valence-electron chi connectivity index (χ0n) is 14.5. The fraction of sp³-hybridized carbons (Fsp3) is 0.500. The van der Waals surface area contributed by atoms with E-state index in [1.165, 1.54) is 11.8 Å². The Kier molecular flexibility index (Phi) is 5.03. The zero-order valence-corrected chi connectivity index (χ0v) is 15.3. The van der Waals surface area contributed by atoms with Crippen LogP contribution in [0.4, 0.5) is 4.79 Å². The van der Waals surface area contributed by atoms with Crippen molar-refractivity contribution in [1.82, 2.24) is 15.8 Å². The van der Waals surface area contributed by atoms with Gasteiger partial charge in [-0.2, -0.15) is 5.01 Å². The van der Waals surface area contributed by atoms with E-state index in [9.17, 15) is 14.4 Å². The molecule has 0 aromatic heterocycles. The maximum atomic E-state index is 12.7. The van der Waals surface area contributed by atoms with Gasteiger partial charge in [-0.05, 0) is 50.7 Å². The van der Waals surface area contributed by atoms with Gasteiger partial charge in [-0.15, -0.1) is 11.8 Å². The highest BCUT2D eigenvalue weighted by molar-refractivity contribution is 8.00. The topological polar surface area (TPSA) is 78.5 Å². The van der Waals surface area contributed by atoms with Crippen LogP contribution in [0.5, 0.6) is 0 Å². The van der Waals surface area contributed by atoms with E-state index in [1.807, 2.05) is 31.2 Å². The molecule has 1 aromatic carbocycles. The third-order valence-corrected chi connectivity index (χ3v) is 5.93. The van der Waals surface area contributed by atoms with E-state index >= 15 is 0 Å². The number of benzene rings is 1. The first-order valence-corrected chi connectivity index (χ1v) is 9.54. The highest BCUT2D eigenvalue weighted by atomic mass is 32.2. The number of hydrogen-bond acceptors (Lipinski definition) is 4. The molecule has 1 aliphatic heterocycles. The monoisotopic (exact) mass is 361 g/mol. The molecule has 2 fully saturated rings. The number of nitrogens with one attached hydrogen (secondary N) is 2. The van der Waals surface area contributed by atoms with Gasteiger partial charge >= 0.3 is 6.03 Å². The van der Waals surface area contributed by atoms with Crippen LogP contribution in [-0.2, 0) is 9.59 Å². The van der Waals surface area contributed by atoms with Crippen LogP contribution in [0.15, 0.2) is 29.2 Å². The second-order valence-electron chi connectivity index (χ2n) is 6.97. The Morgan fingerprint density at radius 2 is 1.92 bits per heavy atom. The summed E-state index contributed by atoms with van der Waals surface area (Å²) in [6, 6.07) is 7.31. The number of nitrogens with zero attached hydrogens (tertiary/aromatic N) is 1. The third-order valence-electron chi connectivity index (χ3n) is 4.92. The first-order valence-electron chi connectivity index (χ1n) is 8.55. The molecule has 1 aromatic rings. The summed E-state index contributed by atoms with van der Waals surface area (Å²) in [5.74, 6) is 0.00252. The van der Waals surface area contributed by atoms with Crippen LogP contribution in [0.1, 0.15) is 38.2 Å². The number of carbonyl (C=O) groups excluding carboxylic acids is 3. The molecule has 3 rings (SSSR count). The summed E-state index contributed by atoms with van der Waals surface area (Å²) >= 11 is 1.37. The molecule has 25 heavy (non-hydrogen) atoms. The van der Waals surface area contributed by atoms with Crippen molar-refractivity contribution in [2.45, 2.75) is 50.0 Å². The standard InChI is InChI=1S/C18H23N3O3S/c1-12-3-5-14(6-4-12)25-11-15(22)20-21-16(23)18(19-17(21)24)9-7-13(2)8-10-18/h3-6,13H,7-11H2,1-2H3,(H,19,24)(H,20,22). The minimum Gasteiger partial charge on any atom is -0.322 e. The molecule has 1 saturated heterocycles. The third kappa shape index (κ3) is 3.81. The van der Waals surface area contributed by atoms with Crippen molar-refractivity contribution < 1.29 is 14.4 Å². The van der Waals surface area contributed by atoms with Gasteiger partial charge in [-0.25, -0.2) is 4.79 Å².